The third-order valence-corrected chi connectivity index (χ3v) is 2.44. The highest BCUT2D eigenvalue weighted by atomic mass is 16.5. The standard InChI is InChI=1S/C9H15N3O/c1-6(5-10)9-11-8(13-12-9)4-7-2-3-7/h6-7H,2-5,10H2,1H3. The zero-order valence-electron chi connectivity index (χ0n) is 7.86. The summed E-state index contributed by atoms with van der Waals surface area (Å²) in [5, 5.41) is 3.90. The number of hydrogen-bond donors (Lipinski definition) is 1. The molecule has 0 amide bonds. The second-order valence-corrected chi connectivity index (χ2v) is 3.83. The van der Waals surface area contributed by atoms with Crippen LogP contribution in [-0.4, -0.2) is 16.7 Å². The lowest BCUT2D eigenvalue weighted by atomic mass is 10.2. The Morgan fingerprint density at radius 3 is 3.00 bits per heavy atom. The molecule has 1 atom stereocenters. The van der Waals surface area contributed by atoms with Crippen LogP contribution in [-0.2, 0) is 6.42 Å². The number of nitrogens with zero attached hydrogens (tertiary/aromatic N) is 2. The Kier molecular flexibility index (Phi) is 2.31. The van der Waals surface area contributed by atoms with Gasteiger partial charge in [0.05, 0.1) is 0 Å². The molecule has 1 aromatic rings. The van der Waals surface area contributed by atoms with Gasteiger partial charge in [-0.25, -0.2) is 0 Å². The van der Waals surface area contributed by atoms with Crippen molar-refractivity contribution in [3.63, 3.8) is 0 Å². The average Bonchev–Trinajstić information content (AvgIpc) is 2.81. The number of hydrogen-bond acceptors (Lipinski definition) is 4. The molecule has 4 heteroatoms. The largest absolute Gasteiger partial charge is 0.339 e. The third kappa shape index (κ3) is 2.06. The molecule has 2 rings (SSSR count). The van der Waals surface area contributed by atoms with E-state index in [0.717, 1.165) is 24.1 Å². The van der Waals surface area contributed by atoms with Crippen LogP contribution in [0.2, 0.25) is 0 Å². The maximum Gasteiger partial charge on any atom is 0.226 e. The Morgan fingerprint density at radius 1 is 1.62 bits per heavy atom. The molecule has 0 radical (unpaired) electrons. The van der Waals surface area contributed by atoms with Crippen LogP contribution < -0.4 is 5.73 Å². The lowest BCUT2D eigenvalue weighted by Crippen LogP contribution is -2.10. The molecule has 1 aliphatic carbocycles. The zero-order valence-corrected chi connectivity index (χ0v) is 7.86. The minimum atomic E-state index is 0.205. The molecule has 1 fully saturated rings. The topological polar surface area (TPSA) is 64.9 Å². The average molecular weight is 181 g/mol. The number of nitrogens with two attached hydrogens (primary N) is 1. The molecule has 2 N–H and O–H groups in total. The number of rotatable bonds is 4. The van der Waals surface area contributed by atoms with E-state index in [0.29, 0.717) is 6.54 Å². The molecular formula is C9H15N3O. The highest BCUT2D eigenvalue weighted by Gasteiger charge is 2.24. The maximum absolute atomic E-state index is 5.51. The number of aromatic nitrogens is 2. The van der Waals surface area contributed by atoms with Gasteiger partial charge >= 0.3 is 0 Å². The van der Waals surface area contributed by atoms with Crippen molar-refractivity contribution in [3.8, 4) is 0 Å². The van der Waals surface area contributed by atoms with E-state index < -0.39 is 0 Å². The van der Waals surface area contributed by atoms with Gasteiger partial charge in [0.15, 0.2) is 5.82 Å². The molecule has 4 nitrogen and oxygen atoms in total. The molecule has 0 aromatic carbocycles. The molecule has 0 bridgehead atoms. The summed E-state index contributed by atoms with van der Waals surface area (Å²) in [5.74, 6) is 2.52. The van der Waals surface area contributed by atoms with Gasteiger partial charge < -0.3 is 10.3 Å². The molecule has 0 aliphatic heterocycles. The summed E-state index contributed by atoms with van der Waals surface area (Å²) in [6.07, 6.45) is 3.57. The van der Waals surface area contributed by atoms with Gasteiger partial charge in [-0.2, -0.15) is 4.98 Å². The van der Waals surface area contributed by atoms with Crippen LogP contribution in [0.15, 0.2) is 4.52 Å². The first-order chi connectivity index (χ1) is 6.29. The monoisotopic (exact) mass is 181 g/mol. The quantitative estimate of drug-likeness (QED) is 0.755. The van der Waals surface area contributed by atoms with E-state index in [1.807, 2.05) is 6.92 Å². The molecule has 1 heterocycles. The predicted octanol–water partition coefficient (Wildman–Crippen LogP) is 1.08. The lowest BCUT2D eigenvalue weighted by Gasteiger charge is -1.98. The molecule has 1 saturated carbocycles. The van der Waals surface area contributed by atoms with Crippen LogP contribution in [0, 0.1) is 5.92 Å². The van der Waals surface area contributed by atoms with Crippen molar-refractivity contribution in [1.82, 2.24) is 10.1 Å². The van der Waals surface area contributed by atoms with Crippen molar-refractivity contribution in [2.75, 3.05) is 6.54 Å². The van der Waals surface area contributed by atoms with E-state index in [1.54, 1.807) is 0 Å². The van der Waals surface area contributed by atoms with Crippen LogP contribution in [0.3, 0.4) is 0 Å². The summed E-state index contributed by atoms with van der Waals surface area (Å²) in [5.41, 5.74) is 5.51. The Morgan fingerprint density at radius 2 is 2.38 bits per heavy atom. The highest BCUT2D eigenvalue weighted by Crippen LogP contribution is 2.32. The van der Waals surface area contributed by atoms with Crippen molar-refractivity contribution in [2.24, 2.45) is 11.7 Å². The molecule has 1 aromatic heterocycles. The first-order valence-corrected chi connectivity index (χ1v) is 4.82. The van der Waals surface area contributed by atoms with E-state index >= 15 is 0 Å². The highest BCUT2D eigenvalue weighted by molar-refractivity contribution is 4.96. The van der Waals surface area contributed by atoms with E-state index in [2.05, 4.69) is 10.1 Å². The fourth-order valence-electron chi connectivity index (χ4n) is 1.23. The molecule has 72 valence electrons. The van der Waals surface area contributed by atoms with Crippen LogP contribution in [0.4, 0.5) is 0 Å². The van der Waals surface area contributed by atoms with Gasteiger partial charge in [0, 0.05) is 18.9 Å². The smallest absolute Gasteiger partial charge is 0.226 e. The third-order valence-electron chi connectivity index (χ3n) is 2.44. The molecule has 0 saturated heterocycles. The normalized spacial score (nSPS) is 18.9. The zero-order chi connectivity index (χ0) is 9.26. The van der Waals surface area contributed by atoms with E-state index in [-0.39, 0.29) is 5.92 Å². The van der Waals surface area contributed by atoms with Crippen molar-refractivity contribution in [3.05, 3.63) is 11.7 Å². The van der Waals surface area contributed by atoms with Gasteiger partial charge in [0.1, 0.15) is 0 Å². The van der Waals surface area contributed by atoms with Crippen molar-refractivity contribution in [2.45, 2.75) is 32.1 Å². The van der Waals surface area contributed by atoms with Gasteiger partial charge in [-0.15, -0.1) is 0 Å². The van der Waals surface area contributed by atoms with Gasteiger partial charge in [0.2, 0.25) is 5.89 Å². The van der Waals surface area contributed by atoms with Crippen LogP contribution in [0.5, 0.6) is 0 Å². The van der Waals surface area contributed by atoms with Crippen molar-refractivity contribution in [1.29, 1.82) is 0 Å². The lowest BCUT2D eigenvalue weighted by molar-refractivity contribution is 0.365. The maximum atomic E-state index is 5.51. The van der Waals surface area contributed by atoms with Gasteiger partial charge in [-0.3, -0.25) is 0 Å². The Labute approximate surface area is 77.5 Å². The van der Waals surface area contributed by atoms with Crippen molar-refractivity contribution < 1.29 is 4.52 Å². The fourth-order valence-corrected chi connectivity index (χ4v) is 1.23. The molecule has 13 heavy (non-hydrogen) atoms. The van der Waals surface area contributed by atoms with E-state index in [9.17, 15) is 0 Å². The van der Waals surface area contributed by atoms with Crippen LogP contribution in [0.1, 0.15) is 37.4 Å². The minimum absolute atomic E-state index is 0.205. The molecular weight excluding hydrogens is 166 g/mol. The van der Waals surface area contributed by atoms with Gasteiger partial charge in [-0.05, 0) is 18.8 Å². The SMILES string of the molecule is CC(CN)c1noc(CC2CC2)n1. The second kappa shape index (κ2) is 3.46. The molecule has 1 aliphatic rings. The summed E-state index contributed by atoms with van der Waals surface area (Å²) in [7, 11) is 0. The summed E-state index contributed by atoms with van der Waals surface area (Å²) < 4.78 is 5.12. The summed E-state index contributed by atoms with van der Waals surface area (Å²) >= 11 is 0. The van der Waals surface area contributed by atoms with Crippen LogP contribution in [0.25, 0.3) is 0 Å². The Hall–Kier alpha value is -0.900. The summed E-state index contributed by atoms with van der Waals surface area (Å²) in [6.45, 7) is 2.58. The van der Waals surface area contributed by atoms with E-state index in [4.69, 9.17) is 10.3 Å². The van der Waals surface area contributed by atoms with Gasteiger partial charge in [-0.1, -0.05) is 12.1 Å². The Bertz CT molecular complexity index is 280. The van der Waals surface area contributed by atoms with Gasteiger partial charge in [0.25, 0.3) is 0 Å². The Balaban J connectivity index is 1.99. The summed E-state index contributed by atoms with van der Waals surface area (Å²) in [6, 6.07) is 0. The van der Waals surface area contributed by atoms with Crippen molar-refractivity contribution >= 4 is 0 Å². The van der Waals surface area contributed by atoms with Crippen LogP contribution >= 0.6 is 0 Å². The molecule has 0 spiro atoms. The first-order valence-electron chi connectivity index (χ1n) is 4.82. The predicted molar refractivity (Wildman–Crippen MR) is 48.2 cm³/mol. The first kappa shape index (κ1) is 8.69. The van der Waals surface area contributed by atoms with E-state index in [1.165, 1.54) is 12.8 Å². The minimum Gasteiger partial charge on any atom is -0.339 e. The second-order valence-electron chi connectivity index (χ2n) is 3.83. The summed E-state index contributed by atoms with van der Waals surface area (Å²) in [4.78, 5) is 4.30. The molecule has 1 unspecified atom stereocenters. The fraction of sp³-hybridized carbons (Fsp3) is 0.778.